The lowest BCUT2D eigenvalue weighted by Gasteiger charge is -2.27. The van der Waals surface area contributed by atoms with Gasteiger partial charge in [-0.3, -0.25) is 9.59 Å². The lowest BCUT2D eigenvalue weighted by molar-refractivity contribution is -0.132. The Kier molecular flexibility index (Phi) is 7.59. The predicted molar refractivity (Wildman–Crippen MR) is 80.4 cm³/mol. The van der Waals surface area contributed by atoms with Gasteiger partial charge in [0.15, 0.2) is 0 Å². The monoisotopic (exact) mass is 283 g/mol. The van der Waals surface area contributed by atoms with Crippen LogP contribution in [0.25, 0.3) is 0 Å². The van der Waals surface area contributed by atoms with Gasteiger partial charge < -0.3 is 15.5 Å². The average Bonchev–Trinajstić information content (AvgIpc) is 2.47. The van der Waals surface area contributed by atoms with E-state index in [-0.39, 0.29) is 23.9 Å². The highest BCUT2D eigenvalue weighted by Crippen LogP contribution is 2.09. The van der Waals surface area contributed by atoms with E-state index >= 15 is 0 Å². The van der Waals surface area contributed by atoms with Crippen molar-refractivity contribution in [2.75, 3.05) is 19.6 Å². The third-order valence-corrected chi connectivity index (χ3v) is 3.89. The summed E-state index contributed by atoms with van der Waals surface area (Å²) >= 11 is 0. The maximum Gasteiger partial charge on any atom is 0.237 e. The molecule has 1 heterocycles. The number of hydrogen-bond donors (Lipinski definition) is 2. The summed E-state index contributed by atoms with van der Waals surface area (Å²) in [5.41, 5.74) is 0. The highest BCUT2D eigenvalue weighted by atomic mass is 16.2. The van der Waals surface area contributed by atoms with Gasteiger partial charge in [0.05, 0.1) is 6.04 Å². The molecular weight excluding hydrogens is 254 g/mol. The lowest BCUT2D eigenvalue weighted by atomic mass is 10.1. The van der Waals surface area contributed by atoms with Crippen LogP contribution >= 0.6 is 0 Å². The first-order chi connectivity index (χ1) is 9.54. The zero-order chi connectivity index (χ0) is 15.0. The van der Waals surface area contributed by atoms with Crippen molar-refractivity contribution < 1.29 is 9.59 Å². The second-order valence-electron chi connectivity index (χ2n) is 5.69. The fourth-order valence-corrected chi connectivity index (χ4v) is 2.26. The summed E-state index contributed by atoms with van der Waals surface area (Å²) in [4.78, 5) is 25.7. The number of rotatable bonds is 7. The fourth-order valence-electron chi connectivity index (χ4n) is 2.26. The molecule has 0 aromatic heterocycles. The minimum absolute atomic E-state index is 0.00442. The smallest absolute Gasteiger partial charge is 0.237 e. The fraction of sp³-hybridized carbons (Fsp3) is 0.867. The summed E-state index contributed by atoms with van der Waals surface area (Å²) in [5.74, 6) is 0.205. The van der Waals surface area contributed by atoms with Gasteiger partial charge >= 0.3 is 0 Å². The first kappa shape index (κ1) is 17.0. The molecule has 1 aliphatic heterocycles. The molecule has 0 saturated carbocycles. The molecule has 1 fully saturated rings. The molecule has 2 amide bonds. The van der Waals surface area contributed by atoms with Gasteiger partial charge in [-0.15, -0.1) is 0 Å². The van der Waals surface area contributed by atoms with Gasteiger partial charge in [-0.25, -0.2) is 0 Å². The maximum atomic E-state index is 12.0. The van der Waals surface area contributed by atoms with Crippen LogP contribution in [0.15, 0.2) is 0 Å². The SMILES string of the molecule is CCC(C)NC(=O)C(C)NCCC(=O)N1CCCCC1. The zero-order valence-corrected chi connectivity index (χ0v) is 13.1. The normalized spacial score (nSPS) is 18.4. The maximum absolute atomic E-state index is 12.0. The molecule has 0 spiro atoms. The highest BCUT2D eigenvalue weighted by Gasteiger charge is 2.17. The number of carbonyl (C=O) groups is 2. The molecule has 0 radical (unpaired) electrons. The van der Waals surface area contributed by atoms with Crippen molar-refractivity contribution in [3.8, 4) is 0 Å². The number of piperidine rings is 1. The topological polar surface area (TPSA) is 61.4 Å². The van der Waals surface area contributed by atoms with E-state index in [9.17, 15) is 9.59 Å². The Balaban J connectivity index is 2.18. The summed E-state index contributed by atoms with van der Waals surface area (Å²) in [7, 11) is 0. The summed E-state index contributed by atoms with van der Waals surface area (Å²) in [6.07, 6.45) is 4.86. The van der Waals surface area contributed by atoms with Crippen LogP contribution in [0.3, 0.4) is 0 Å². The van der Waals surface area contributed by atoms with Crippen molar-refractivity contribution in [2.45, 2.75) is 65.0 Å². The molecule has 116 valence electrons. The van der Waals surface area contributed by atoms with E-state index in [1.807, 2.05) is 25.7 Å². The first-order valence-corrected chi connectivity index (χ1v) is 7.86. The molecule has 2 atom stereocenters. The zero-order valence-electron chi connectivity index (χ0n) is 13.1. The molecule has 2 N–H and O–H groups in total. The van der Waals surface area contributed by atoms with Crippen molar-refractivity contribution in [1.82, 2.24) is 15.5 Å². The Morgan fingerprint density at radius 2 is 1.80 bits per heavy atom. The molecule has 1 aliphatic rings. The third kappa shape index (κ3) is 5.90. The van der Waals surface area contributed by atoms with Gasteiger partial charge in [0.2, 0.25) is 11.8 Å². The quantitative estimate of drug-likeness (QED) is 0.740. The van der Waals surface area contributed by atoms with E-state index < -0.39 is 0 Å². The number of nitrogens with one attached hydrogen (secondary N) is 2. The second kappa shape index (κ2) is 8.95. The van der Waals surface area contributed by atoms with Gasteiger partial charge in [0, 0.05) is 32.1 Å². The molecular formula is C15H29N3O2. The van der Waals surface area contributed by atoms with E-state index in [0.29, 0.717) is 13.0 Å². The van der Waals surface area contributed by atoms with Gasteiger partial charge in [-0.05, 0) is 39.5 Å². The van der Waals surface area contributed by atoms with Crippen LogP contribution in [0.4, 0.5) is 0 Å². The van der Waals surface area contributed by atoms with Gasteiger partial charge in [0.25, 0.3) is 0 Å². The molecule has 5 nitrogen and oxygen atoms in total. The largest absolute Gasteiger partial charge is 0.352 e. The molecule has 5 heteroatoms. The number of nitrogens with zero attached hydrogens (tertiary/aromatic N) is 1. The highest BCUT2D eigenvalue weighted by molar-refractivity contribution is 5.81. The molecule has 20 heavy (non-hydrogen) atoms. The number of likely N-dealkylation sites (tertiary alicyclic amines) is 1. The Morgan fingerprint density at radius 3 is 2.40 bits per heavy atom. The summed E-state index contributed by atoms with van der Waals surface area (Å²) in [6.45, 7) is 8.21. The van der Waals surface area contributed by atoms with Crippen LogP contribution in [0.2, 0.25) is 0 Å². The van der Waals surface area contributed by atoms with Crippen LogP contribution in [0, 0.1) is 0 Å². The average molecular weight is 283 g/mol. The molecule has 0 aromatic carbocycles. The molecule has 0 aromatic rings. The number of hydrogen-bond acceptors (Lipinski definition) is 3. The van der Waals surface area contributed by atoms with Crippen LogP contribution in [0.1, 0.15) is 52.9 Å². The number of carbonyl (C=O) groups excluding carboxylic acids is 2. The minimum atomic E-state index is -0.252. The Bertz CT molecular complexity index is 314. The van der Waals surface area contributed by atoms with Crippen LogP contribution < -0.4 is 10.6 Å². The summed E-state index contributed by atoms with van der Waals surface area (Å²) < 4.78 is 0. The van der Waals surface area contributed by atoms with Gasteiger partial charge in [0.1, 0.15) is 0 Å². The third-order valence-electron chi connectivity index (χ3n) is 3.89. The van der Waals surface area contributed by atoms with Crippen LogP contribution in [-0.2, 0) is 9.59 Å². The van der Waals surface area contributed by atoms with Crippen LogP contribution in [-0.4, -0.2) is 48.4 Å². The first-order valence-electron chi connectivity index (χ1n) is 7.86. The van der Waals surface area contributed by atoms with Crippen molar-refractivity contribution in [1.29, 1.82) is 0 Å². The second-order valence-corrected chi connectivity index (χ2v) is 5.69. The summed E-state index contributed by atoms with van der Waals surface area (Å²) in [5, 5.41) is 6.06. The van der Waals surface area contributed by atoms with Gasteiger partial charge in [-0.1, -0.05) is 6.92 Å². The Morgan fingerprint density at radius 1 is 1.15 bits per heavy atom. The van der Waals surface area contributed by atoms with E-state index in [1.54, 1.807) is 0 Å². The van der Waals surface area contributed by atoms with Gasteiger partial charge in [-0.2, -0.15) is 0 Å². The molecule has 1 rings (SSSR count). The van der Waals surface area contributed by atoms with E-state index in [1.165, 1.54) is 6.42 Å². The van der Waals surface area contributed by atoms with Crippen molar-refractivity contribution in [3.05, 3.63) is 0 Å². The molecule has 2 unspecified atom stereocenters. The Hall–Kier alpha value is -1.10. The van der Waals surface area contributed by atoms with Crippen molar-refractivity contribution in [2.24, 2.45) is 0 Å². The minimum Gasteiger partial charge on any atom is -0.352 e. The molecule has 0 aliphatic carbocycles. The standard InChI is InChI=1S/C15H29N3O2/c1-4-12(2)17-15(20)13(3)16-9-8-14(19)18-10-6-5-7-11-18/h12-13,16H,4-11H2,1-3H3,(H,17,20). The number of amides is 2. The van der Waals surface area contributed by atoms with E-state index in [2.05, 4.69) is 10.6 Å². The molecule has 0 bridgehead atoms. The van der Waals surface area contributed by atoms with Crippen molar-refractivity contribution >= 4 is 11.8 Å². The van der Waals surface area contributed by atoms with Crippen molar-refractivity contribution in [3.63, 3.8) is 0 Å². The predicted octanol–water partition coefficient (Wildman–Crippen LogP) is 1.28. The lowest BCUT2D eigenvalue weighted by Crippen LogP contribution is -2.46. The van der Waals surface area contributed by atoms with Crippen LogP contribution in [0.5, 0.6) is 0 Å². The Labute approximate surface area is 122 Å². The molecule has 1 saturated heterocycles. The van der Waals surface area contributed by atoms with E-state index in [0.717, 1.165) is 32.4 Å². The van der Waals surface area contributed by atoms with E-state index in [4.69, 9.17) is 0 Å². The summed E-state index contributed by atoms with van der Waals surface area (Å²) in [6, 6.07) is -0.0557.